The number of fused-ring (bicyclic) bond motifs is 1. The lowest BCUT2D eigenvalue weighted by Crippen LogP contribution is -2.23. The van der Waals surface area contributed by atoms with Gasteiger partial charge in [0.25, 0.3) is 0 Å². The number of anilines is 1. The van der Waals surface area contributed by atoms with Crippen molar-refractivity contribution >= 4 is 26.9 Å². The van der Waals surface area contributed by atoms with E-state index in [2.05, 4.69) is 19.8 Å². The number of aromatic nitrogens is 5. The standard InChI is InChI=1S/C25H23FN6O2S/c1-16(2)35(33,34)30-24-11-18(20-6-4-5-7-21(20)26)12-25(29-24)32-15-27-22-10-17(8-9-23(22)32)19-13-28-31(3)14-19/h4-16H,1-3H3,(H,29,30). The fourth-order valence-corrected chi connectivity index (χ4v) is 4.38. The van der Waals surface area contributed by atoms with Crippen LogP contribution in [0.3, 0.4) is 0 Å². The monoisotopic (exact) mass is 490 g/mol. The van der Waals surface area contributed by atoms with E-state index in [1.165, 1.54) is 12.1 Å². The predicted octanol–water partition coefficient (Wildman–Crippen LogP) is 4.78. The van der Waals surface area contributed by atoms with Crippen LogP contribution in [0.15, 0.2) is 73.3 Å². The number of imidazole rings is 1. The SMILES string of the molecule is CC(C)S(=O)(=O)Nc1cc(-c2ccccc2F)cc(-n2cnc3cc(-c4cnn(C)c4)ccc32)n1. The minimum atomic E-state index is -3.66. The van der Waals surface area contributed by atoms with Gasteiger partial charge in [-0.15, -0.1) is 0 Å². The molecule has 10 heteroatoms. The summed E-state index contributed by atoms with van der Waals surface area (Å²) in [5.74, 6) is 0.0889. The summed E-state index contributed by atoms with van der Waals surface area (Å²) in [6.07, 6.45) is 5.32. The van der Waals surface area contributed by atoms with Gasteiger partial charge in [0.1, 0.15) is 23.8 Å². The van der Waals surface area contributed by atoms with E-state index >= 15 is 0 Å². The second kappa shape index (κ2) is 8.62. The lowest BCUT2D eigenvalue weighted by atomic mass is 10.1. The molecule has 0 aliphatic heterocycles. The highest BCUT2D eigenvalue weighted by atomic mass is 32.2. The fourth-order valence-electron chi connectivity index (χ4n) is 3.75. The second-order valence-corrected chi connectivity index (χ2v) is 10.7. The summed E-state index contributed by atoms with van der Waals surface area (Å²) in [4.78, 5) is 9.05. The zero-order valence-electron chi connectivity index (χ0n) is 19.3. The van der Waals surface area contributed by atoms with Gasteiger partial charge in [0.2, 0.25) is 10.0 Å². The summed E-state index contributed by atoms with van der Waals surface area (Å²) in [5.41, 5.74) is 4.26. The van der Waals surface area contributed by atoms with Crippen LogP contribution in [0.25, 0.3) is 39.1 Å². The van der Waals surface area contributed by atoms with Crippen LogP contribution in [0.5, 0.6) is 0 Å². The van der Waals surface area contributed by atoms with Crippen molar-refractivity contribution in [2.24, 2.45) is 7.05 Å². The first kappa shape index (κ1) is 22.7. The molecule has 5 aromatic rings. The summed E-state index contributed by atoms with van der Waals surface area (Å²) >= 11 is 0. The third-order valence-corrected chi connectivity index (χ3v) is 7.43. The third kappa shape index (κ3) is 4.40. The van der Waals surface area contributed by atoms with Gasteiger partial charge >= 0.3 is 0 Å². The van der Waals surface area contributed by atoms with Crippen LogP contribution >= 0.6 is 0 Å². The first-order chi connectivity index (χ1) is 16.7. The molecule has 8 nitrogen and oxygen atoms in total. The van der Waals surface area contributed by atoms with Crippen molar-refractivity contribution in [2.45, 2.75) is 19.1 Å². The Kier molecular flexibility index (Phi) is 5.60. The third-order valence-electron chi connectivity index (χ3n) is 5.70. The van der Waals surface area contributed by atoms with Gasteiger partial charge in [-0.3, -0.25) is 14.0 Å². The fraction of sp³-hybridized carbons (Fsp3) is 0.160. The maximum atomic E-state index is 14.6. The van der Waals surface area contributed by atoms with Gasteiger partial charge in [0.05, 0.1) is 22.5 Å². The van der Waals surface area contributed by atoms with Crippen molar-refractivity contribution < 1.29 is 12.8 Å². The molecule has 2 aromatic carbocycles. The van der Waals surface area contributed by atoms with E-state index in [1.54, 1.807) is 59.9 Å². The molecule has 0 aliphatic carbocycles. The summed E-state index contributed by atoms with van der Waals surface area (Å²) in [6, 6.07) is 15.4. The lowest BCUT2D eigenvalue weighted by molar-refractivity contribution is 0.592. The van der Waals surface area contributed by atoms with E-state index in [4.69, 9.17) is 0 Å². The number of rotatable bonds is 6. The van der Waals surface area contributed by atoms with Gasteiger partial charge in [0.15, 0.2) is 0 Å². The average molecular weight is 491 g/mol. The Balaban J connectivity index is 1.65. The quantitative estimate of drug-likeness (QED) is 0.370. The van der Waals surface area contributed by atoms with Crippen LogP contribution < -0.4 is 4.72 Å². The number of halogens is 1. The molecule has 1 N–H and O–H groups in total. The minimum Gasteiger partial charge on any atom is -0.283 e. The molecule has 5 rings (SSSR count). The van der Waals surface area contributed by atoms with Crippen LogP contribution in [-0.2, 0) is 17.1 Å². The predicted molar refractivity (Wildman–Crippen MR) is 134 cm³/mol. The summed E-state index contributed by atoms with van der Waals surface area (Å²) in [5, 5.41) is 3.55. The molecule has 0 fully saturated rings. The first-order valence-corrected chi connectivity index (χ1v) is 12.5. The van der Waals surface area contributed by atoms with Gasteiger partial charge in [-0.1, -0.05) is 24.3 Å². The Hall–Kier alpha value is -4.05. The number of hydrogen-bond acceptors (Lipinski definition) is 5. The number of pyridine rings is 1. The van der Waals surface area contributed by atoms with E-state index in [1.807, 2.05) is 31.4 Å². The zero-order chi connectivity index (χ0) is 24.7. The number of nitrogens with zero attached hydrogens (tertiary/aromatic N) is 5. The molecule has 3 heterocycles. The van der Waals surface area contributed by atoms with Crippen LogP contribution in [0.2, 0.25) is 0 Å². The molecule has 178 valence electrons. The molecule has 3 aromatic heterocycles. The number of sulfonamides is 1. The smallest absolute Gasteiger partial charge is 0.236 e. The Morgan fingerprint density at radius 2 is 1.80 bits per heavy atom. The van der Waals surface area contributed by atoms with Gasteiger partial charge in [-0.25, -0.2) is 22.8 Å². The van der Waals surface area contributed by atoms with Crippen molar-refractivity contribution in [3.8, 4) is 28.1 Å². The number of benzene rings is 2. The van der Waals surface area contributed by atoms with Crippen LogP contribution in [0.4, 0.5) is 10.2 Å². The van der Waals surface area contributed by atoms with Gasteiger partial charge in [-0.2, -0.15) is 5.10 Å². The topological polar surface area (TPSA) is 94.7 Å². The number of hydrogen-bond donors (Lipinski definition) is 1. The summed E-state index contributed by atoms with van der Waals surface area (Å²) in [7, 11) is -1.80. The lowest BCUT2D eigenvalue weighted by Gasteiger charge is -2.14. The maximum Gasteiger partial charge on any atom is 0.236 e. The van der Waals surface area contributed by atoms with E-state index in [-0.39, 0.29) is 5.82 Å². The molecule has 35 heavy (non-hydrogen) atoms. The molecule has 0 bridgehead atoms. The molecule has 0 spiro atoms. The largest absolute Gasteiger partial charge is 0.283 e. The molecule has 0 amide bonds. The van der Waals surface area contributed by atoms with Crippen molar-refractivity contribution in [1.29, 1.82) is 0 Å². The number of nitrogens with one attached hydrogen (secondary N) is 1. The zero-order valence-corrected chi connectivity index (χ0v) is 20.2. The van der Waals surface area contributed by atoms with E-state index in [9.17, 15) is 12.8 Å². The van der Waals surface area contributed by atoms with Gasteiger partial charge in [0, 0.05) is 24.4 Å². The molecule has 0 saturated heterocycles. The minimum absolute atomic E-state index is 0.100. The molecule has 0 radical (unpaired) electrons. The Morgan fingerprint density at radius 3 is 2.51 bits per heavy atom. The van der Waals surface area contributed by atoms with Gasteiger partial charge in [-0.05, 0) is 55.3 Å². The number of aryl methyl sites for hydroxylation is 1. The maximum absolute atomic E-state index is 14.6. The summed E-state index contributed by atoms with van der Waals surface area (Å²) in [6.45, 7) is 3.15. The second-order valence-electron chi connectivity index (χ2n) is 8.50. The van der Waals surface area contributed by atoms with Crippen LogP contribution in [0.1, 0.15) is 13.8 Å². The Morgan fingerprint density at radius 1 is 1.00 bits per heavy atom. The van der Waals surface area contributed by atoms with Crippen molar-refractivity contribution in [1.82, 2.24) is 24.3 Å². The van der Waals surface area contributed by atoms with Gasteiger partial charge < -0.3 is 0 Å². The highest BCUT2D eigenvalue weighted by molar-refractivity contribution is 7.93. The van der Waals surface area contributed by atoms with Crippen molar-refractivity contribution in [2.75, 3.05) is 4.72 Å². The Bertz CT molecular complexity index is 1660. The normalized spacial score (nSPS) is 11.9. The van der Waals surface area contributed by atoms with Crippen LogP contribution in [0, 0.1) is 5.82 Å². The van der Waals surface area contributed by atoms with Crippen LogP contribution in [-0.4, -0.2) is 38.0 Å². The van der Waals surface area contributed by atoms with E-state index < -0.39 is 21.1 Å². The molecule has 0 unspecified atom stereocenters. The van der Waals surface area contributed by atoms with Crippen molar-refractivity contribution in [3.63, 3.8) is 0 Å². The highest BCUT2D eigenvalue weighted by Crippen LogP contribution is 2.30. The Labute approximate surface area is 202 Å². The molecule has 0 saturated carbocycles. The average Bonchev–Trinajstić information content (AvgIpc) is 3.44. The molecule has 0 aliphatic rings. The molecular formula is C25H23FN6O2S. The highest BCUT2D eigenvalue weighted by Gasteiger charge is 2.19. The van der Waals surface area contributed by atoms with E-state index in [0.717, 1.165) is 22.2 Å². The van der Waals surface area contributed by atoms with Crippen molar-refractivity contribution in [3.05, 3.63) is 79.1 Å². The first-order valence-electron chi connectivity index (χ1n) is 11.0. The molecule has 0 atom stereocenters. The molecular weight excluding hydrogens is 467 g/mol. The summed E-state index contributed by atoms with van der Waals surface area (Å²) < 4.78 is 45.7. The van der Waals surface area contributed by atoms with E-state index in [0.29, 0.717) is 16.9 Å².